The van der Waals surface area contributed by atoms with Crippen LogP contribution < -0.4 is 5.32 Å². The first-order valence-corrected chi connectivity index (χ1v) is 6.51. The molecule has 122 valence electrons. The highest BCUT2D eigenvalue weighted by molar-refractivity contribution is 5.72. The number of ether oxygens (including phenoxy) is 1. The van der Waals surface area contributed by atoms with Gasteiger partial charge < -0.3 is 10.1 Å². The lowest BCUT2D eigenvalue weighted by Gasteiger charge is -2.19. The van der Waals surface area contributed by atoms with Gasteiger partial charge in [0.25, 0.3) is 0 Å². The Morgan fingerprint density at radius 3 is 2.45 bits per heavy atom. The van der Waals surface area contributed by atoms with Crippen molar-refractivity contribution in [2.24, 2.45) is 0 Å². The number of alkyl halides is 3. The number of nitrogens with one attached hydrogen (secondary N) is 1. The van der Waals surface area contributed by atoms with Gasteiger partial charge in [0, 0.05) is 6.54 Å². The molecule has 0 aliphatic rings. The smallest absolute Gasteiger partial charge is 0.433 e. The molecule has 0 bridgehead atoms. The van der Waals surface area contributed by atoms with E-state index >= 15 is 0 Å². The van der Waals surface area contributed by atoms with Crippen molar-refractivity contribution in [3.05, 3.63) is 29.1 Å². The fourth-order valence-corrected chi connectivity index (χ4v) is 1.58. The van der Waals surface area contributed by atoms with Crippen LogP contribution in [-0.2, 0) is 17.3 Å². The molecular weight excluding hydrogens is 301 g/mol. The molecule has 5 nitrogen and oxygen atoms in total. The number of aromatic nitrogens is 1. The molecule has 0 unspecified atom stereocenters. The molecule has 0 radical (unpaired) electrons. The minimum Gasteiger partial charge on any atom is -0.444 e. The topological polar surface area (TPSA) is 68.3 Å². The predicted molar refractivity (Wildman–Crippen MR) is 72.6 cm³/mol. The van der Waals surface area contributed by atoms with Crippen LogP contribution in [0.2, 0.25) is 0 Å². The zero-order chi connectivity index (χ0) is 17.0. The summed E-state index contributed by atoms with van der Waals surface area (Å²) in [4.78, 5) is 25.3. The van der Waals surface area contributed by atoms with Crippen LogP contribution in [-0.4, -0.2) is 29.5 Å². The Labute approximate surface area is 125 Å². The summed E-state index contributed by atoms with van der Waals surface area (Å²) < 4.78 is 43.0. The Balaban J connectivity index is 2.70. The molecule has 0 aliphatic heterocycles. The lowest BCUT2D eigenvalue weighted by molar-refractivity contribution is -0.141. The van der Waals surface area contributed by atoms with E-state index in [0.717, 1.165) is 6.07 Å². The molecule has 1 heterocycles. The molecule has 0 aliphatic carbocycles. The van der Waals surface area contributed by atoms with Gasteiger partial charge in [-0.15, -0.1) is 0 Å². The number of alkyl carbamates (subject to hydrolysis) is 1. The van der Waals surface area contributed by atoms with Crippen molar-refractivity contribution in [3.8, 4) is 0 Å². The maximum absolute atomic E-state index is 12.7. The average molecular weight is 318 g/mol. The second kappa shape index (κ2) is 6.76. The third kappa shape index (κ3) is 6.11. The van der Waals surface area contributed by atoms with Gasteiger partial charge in [0.15, 0.2) is 6.29 Å². The predicted octanol–water partition coefficient (Wildman–Crippen LogP) is 2.98. The molecule has 1 amide bonds. The normalized spacial score (nSPS) is 11.9. The maximum atomic E-state index is 12.7. The minimum atomic E-state index is -4.63. The van der Waals surface area contributed by atoms with Gasteiger partial charge in [-0.05, 0) is 44.9 Å². The molecule has 0 fully saturated rings. The van der Waals surface area contributed by atoms with Crippen molar-refractivity contribution >= 4 is 12.4 Å². The first-order chi connectivity index (χ1) is 10.0. The summed E-state index contributed by atoms with van der Waals surface area (Å²) in [5.41, 5.74) is -1.85. The number of amides is 1. The molecule has 8 heteroatoms. The first kappa shape index (κ1) is 17.9. The Kier molecular flexibility index (Phi) is 5.51. The Bertz CT molecular complexity index is 551. The van der Waals surface area contributed by atoms with Gasteiger partial charge in [0.05, 0.1) is 0 Å². The van der Waals surface area contributed by atoms with Gasteiger partial charge in [-0.25, -0.2) is 9.78 Å². The van der Waals surface area contributed by atoms with E-state index in [2.05, 4.69) is 10.3 Å². The van der Waals surface area contributed by atoms with E-state index in [1.807, 2.05) is 0 Å². The third-order valence-electron chi connectivity index (χ3n) is 2.40. The van der Waals surface area contributed by atoms with Crippen LogP contribution in [0.4, 0.5) is 18.0 Å². The Morgan fingerprint density at radius 1 is 1.32 bits per heavy atom. The van der Waals surface area contributed by atoms with Gasteiger partial charge in [0.1, 0.15) is 17.0 Å². The largest absolute Gasteiger partial charge is 0.444 e. The van der Waals surface area contributed by atoms with Crippen molar-refractivity contribution in [1.82, 2.24) is 10.3 Å². The number of hydrogen-bond acceptors (Lipinski definition) is 4. The molecule has 0 saturated heterocycles. The number of carbonyl (C=O) groups excluding carboxylic acids is 2. The quantitative estimate of drug-likeness (QED) is 0.867. The van der Waals surface area contributed by atoms with Crippen molar-refractivity contribution in [3.63, 3.8) is 0 Å². The van der Waals surface area contributed by atoms with Gasteiger partial charge in [-0.1, -0.05) is 0 Å². The van der Waals surface area contributed by atoms with Crippen molar-refractivity contribution in [2.75, 3.05) is 6.54 Å². The molecule has 1 aromatic heterocycles. The van der Waals surface area contributed by atoms with Gasteiger partial charge in [-0.2, -0.15) is 13.2 Å². The highest BCUT2D eigenvalue weighted by atomic mass is 19.4. The monoisotopic (exact) mass is 318 g/mol. The maximum Gasteiger partial charge on any atom is 0.433 e. The summed E-state index contributed by atoms with van der Waals surface area (Å²) in [5, 5.41) is 2.43. The van der Waals surface area contributed by atoms with Crippen molar-refractivity contribution in [1.29, 1.82) is 0 Å². The van der Waals surface area contributed by atoms with Crippen LogP contribution in [0.1, 0.15) is 42.5 Å². The zero-order valence-electron chi connectivity index (χ0n) is 12.5. The first-order valence-electron chi connectivity index (χ1n) is 6.51. The number of hydrogen-bond donors (Lipinski definition) is 1. The second-order valence-electron chi connectivity index (χ2n) is 5.58. The van der Waals surface area contributed by atoms with Crippen LogP contribution >= 0.6 is 0 Å². The van der Waals surface area contributed by atoms with Gasteiger partial charge in [-0.3, -0.25) is 4.79 Å². The SMILES string of the molecule is CC(C)(C)OC(=O)NCCc1cc(C=O)nc(C(F)(F)F)c1. The van der Waals surface area contributed by atoms with Crippen LogP contribution in [0.25, 0.3) is 0 Å². The fourth-order valence-electron chi connectivity index (χ4n) is 1.58. The molecule has 0 aromatic carbocycles. The van der Waals surface area contributed by atoms with Crippen molar-refractivity contribution in [2.45, 2.75) is 39.0 Å². The number of rotatable bonds is 4. The molecule has 1 rings (SSSR count). The summed E-state index contributed by atoms with van der Waals surface area (Å²) in [6, 6.07) is 2.10. The number of carbonyl (C=O) groups is 2. The number of pyridine rings is 1. The van der Waals surface area contributed by atoms with Gasteiger partial charge >= 0.3 is 12.3 Å². The minimum absolute atomic E-state index is 0.0779. The lowest BCUT2D eigenvalue weighted by atomic mass is 10.1. The molecule has 0 saturated carbocycles. The summed E-state index contributed by atoms with van der Waals surface area (Å²) in [5.74, 6) is 0. The lowest BCUT2D eigenvalue weighted by Crippen LogP contribution is -2.33. The fraction of sp³-hybridized carbons (Fsp3) is 0.500. The number of aldehydes is 1. The summed E-state index contributed by atoms with van der Waals surface area (Å²) in [6.45, 7) is 5.17. The number of nitrogens with zero attached hydrogens (tertiary/aromatic N) is 1. The van der Waals surface area contributed by atoms with E-state index in [4.69, 9.17) is 4.74 Å². The van der Waals surface area contributed by atoms with Gasteiger partial charge in [0.2, 0.25) is 0 Å². The van der Waals surface area contributed by atoms with E-state index in [-0.39, 0.29) is 30.5 Å². The molecule has 1 N–H and O–H groups in total. The van der Waals surface area contributed by atoms with E-state index in [1.54, 1.807) is 20.8 Å². The molecule has 0 atom stereocenters. The van der Waals surface area contributed by atoms with Crippen molar-refractivity contribution < 1.29 is 27.5 Å². The molecule has 1 aromatic rings. The van der Waals surface area contributed by atoms with E-state index < -0.39 is 23.6 Å². The Hall–Kier alpha value is -2.12. The second-order valence-corrected chi connectivity index (χ2v) is 5.58. The van der Waals surface area contributed by atoms with Crippen LogP contribution in [0, 0.1) is 0 Å². The zero-order valence-corrected chi connectivity index (χ0v) is 12.5. The summed E-state index contributed by atoms with van der Waals surface area (Å²) in [6.07, 6.45) is -4.92. The molecular formula is C14H17F3N2O3. The van der Waals surface area contributed by atoms with E-state index in [9.17, 15) is 22.8 Å². The third-order valence-corrected chi connectivity index (χ3v) is 2.40. The highest BCUT2D eigenvalue weighted by Crippen LogP contribution is 2.28. The van der Waals surface area contributed by atoms with E-state index in [1.165, 1.54) is 6.07 Å². The summed E-state index contributed by atoms with van der Waals surface area (Å²) in [7, 11) is 0. The summed E-state index contributed by atoms with van der Waals surface area (Å²) >= 11 is 0. The molecule has 0 spiro atoms. The van der Waals surface area contributed by atoms with E-state index in [0.29, 0.717) is 0 Å². The standard InChI is InChI=1S/C14H17F3N2O3/c1-13(2,3)22-12(21)18-5-4-9-6-10(8-20)19-11(7-9)14(15,16)17/h6-8H,4-5H2,1-3H3,(H,18,21). The molecule has 22 heavy (non-hydrogen) atoms. The van der Waals surface area contributed by atoms with Crippen LogP contribution in [0.15, 0.2) is 12.1 Å². The highest BCUT2D eigenvalue weighted by Gasteiger charge is 2.33. The van der Waals surface area contributed by atoms with Crippen LogP contribution in [0.3, 0.4) is 0 Å². The van der Waals surface area contributed by atoms with Crippen LogP contribution in [0.5, 0.6) is 0 Å². The Morgan fingerprint density at radius 2 is 1.95 bits per heavy atom. The average Bonchev–Trinajstić information content (AvgIpc) is 2.35. The number of halogens is 3.